The summed E-state index contributed by atoms with van der Waals surface area (Å²) in [5.41, 5.74) is 6.78. The first-order chi connectivity index (χ1) is 10.1. The van der Waals surface area contributed by atoms with Crippen LogP contribution in [0.2, 0.25) is 0 Å². The number of amides is 1. The van der Waals surface area contributed by atoms with E-state index < -0.39 is 0 Å². The number of aryl methyl sites for hydroxylation is 1. The molecule has 0 saturated carbocycles. The summed E-state index contributed by atoms with van der Waals surface area (Å²) in [6.45, 7) is 2.02. The molecule has 1 amide bonds. The topological polar surface area (TPSA) is 80.9 Å². The number of carbonyl (C=O) groups excluding carboxylic acids is 1. The fraction of sp³-hybridized carbons (Fsp3) is 0.357. The van der Waals surface area contributed by atoms with Gasteiger partial charge in [-0.3, -0.25) is 4.79 Å². The molecule has 0 aliphatic carbocycles. The first-order valence-electron chi connectivity index (χ1n) is 6.68. The number of nitrogens with one attached hydrogen (secondary N) is 1. The van der Waals surface area contributed by atoms with Crippen LogP contribution in [0, 0.1) is 0 Å². The van der Waals surface area contributed by atoms with Gasteiger partial charge in [0.05, 0.1) is 5.75 Å². The van der Waals surface area contributed by atoms with Gasteiger partial charge < -0.3 is 11.1 Å². The molecule has 1 atom stereocenters. The van der Waals surface area contributed by atoms with Crippen molar-refractivity contribution in [1.82, 2.24) is 15.5 Å². The zero-order valence-corrected chi connectivity index (χ0v) is 13.4. The van der Waals surface area contributed by atoms with Crippen molar-refractivity contribution in [2.75, 3.05) is 11.5 Å². The van der Waals surface area contributed by atoms with E-state index in [1.165, 1.54) is 28.7 Å². The molecule has 1 aromatic carbocycles. The highest BCUT2D eigenvalue weighted by Crippen LogP contribution is 2.23. The van der Waals surface area contributed by atoms with Gasteiger partial charge >= 0.3 is 0 Å². The number of nitrogens with zero attached hydrogens (tertiary/aromatic N) is 2. The Morgan fingerprint density at radius 1 is 1.38 bits per heavy atom. The van der Waals surface area contributed by atoms with Crippen molar-refractivity contribution < 1.29 is 4.79 Å². The minimum absolute atomic E-state index is 0.00864. The Morgan fingerprint density at radius 2 is 2.14 bits per heavy atom. The molecule has 0 aliphatic heterocycles. The van der Waals surface area contributed by atoms with Crippen LogP contribution >= 0.6 is 23.1 Å². The van der Waals surface area contributed by atoms with Crippen molar-refractivity contribution in [3.8, 4) is 0 Å². The summed E-state index contributed by atoms with van der Waals surface area (Å²) >= 11 is 2.65. The molecule has 0 radical (unpaired) electrons. The summed E-state index contributed by atoms with van der Waals surface area (Å²) in [7, 11) is 0. The predicted octanol–water partition coefficient (Wildman–Crippen LogP) is 2.35. The second-order valence-electron chi connectivity index (χ2n) is 4.69. The summed E-state index contributed by atoms with van der Waals surface area (Å²) in [5, 5.41) is 11.0. The van der Waals surface area contributed by atoms with E-state index in [-0.39, 0.29) is 11.9 Å². The van der Waals surface area contributed by atoms with Crippen molar-refractivity contribution in [3.05, 3.63) is 35.9 Å². The molecular weight excluding hydrogens is 304 g/mol. The van der Waals surface area contributed by atoms with Crippen LogP contribution in [0.5, 0.6) is 0 Å². The molecule has 0 aliphatic rings. The van der Waals surface area contributed by atoms with Crippen LogP contribution in [0.1, 0.15) is 18.9 Å². The molecule has 1 heterocycles. The zero-order valence-electron chi connectivity index (χ0n) is 11.8. The highest BCUT2D eigenvalue weighted by Gasteiger charge is 2.10. The molecule has 1 aromatic heterocycles. The Bertz CT molecular complexity index is 573. The minimum atomic E-state index is 0.00864. The fourth-order valence-electron chi connectivity index (χ4n) is 1.82. The molecule has 112 valence electrons. The average Bonchev–Trinajstić information content (AvgIpc) is 2.90. The fourth-order valence-corrected chi connectivity index (χ4v) is 3.27. The smallest absolute Gasteiger partial charge is 0.230 e. The maximum atomic E-state index is 11.8. The van der Waals surface area contributed by atoms with Crippen LogP contribution in [0.15, 0.2) is 34.7 Å². The van der Waals surface area contributed by atoms with Gasteiger partial charge in [0.2, 0.25) is 11.0 Å². The molecule has 0 bridgehead atoms. The maximum Gasteiger partial charge on any atom is 0.230 e. The van der Waals surface area contributed by atoms with Crippen LogP contribution in [-0.4, -0.2) is 27.9 Å². The van der Waals surface area contributed by atoms with Crippen LogP contribution < -0.4 is 11.1 Å². The second kappa shape index (κ2) is 7.99. The molecule has 2 aromatic rings. The summed E-state index contributed by atoms with van der Waals surface area (Å²) in [4.78, 5) is 11.8. The first kappa shape index (κ1) is 15.8. The Balaban J connectivity index is 1.67. The van der Waals surface area contributed by atoms with Crippen molar-refractivity contribution in [3.63, 3.8) is 0 Å². The molecule has 0 spiro atoms. The molecule has 5 nitrogen and oxygen atoms in total. The van der Waals surface area contributed by atoms with Crippen LogP contribution in [0.4, 0.5) is 5.13 Å². The van der Waals surface area contributed by atoms with Gasteiger partial charge in [-0.25, -0.2) is 0 Å². The van der Waals surface area contributed by atoms with E-state index in [9.17, 15) is 4.79 Å². The number of hydrogen-bond donors (Lipinski definition) is 2. The standard InChI is InChI=1S/C14H18N4OS2/c1-10(7-8-11-5-3-2-4-6-11)16-12(19)9-20-14-18-17-13(15)21-14/h2-6,10H,7-9H2,1H3,(H2,15,17)(H,16,19). The van der Waals surface area contributed by atoms with E-state index in [4.69, 9.17) is 5.73 Å². The average molecular weight is 322 g/mol. The highest BCUT2D eigenvalue weighted by molar-refractivity contribution is 8.01. The third-order valence-electron chi connectivity index (χ3n) is 2.87. The lowest BCUT2D eigenvalue weighted by Crippen LogP contribution is -2.34. The van der Waals surface area contributed by atoms with Crippen molar-refractivity contribution in [2.45, 2.75) is 30.1 Å². The van der Waals surface area contributed by atoms with E-state index in [1.54, 1.807) is 0 Å². The van der Waals surface area contributed by atoms with Crippen LogP contribution in [0.25, 0.3) is 0 Å². The van der Waals surface area contributed by atoms with Gasteiger partial charge in [0.15, 0.2) is 4.34 Å². The largest absolute Gasteiger partial charge is 0.374 e. The van der Waals surface area contributed by atoms with Gasteiger partial charge in [-0.2, -0.15) is 0 Å². The van der Waals surface area contributed by atoms with Crippen LogP contribution in [-0.2, 0) is 11.2 Å². The number of rotatable bonds is 7. The summed E-state index contributed by atoms with van der Waals surface area (Å²) < 4.78 is 0.722. The lowest BCUT2D eigenvalue weighted by atomic mass is 10.1. The number of carbonyl (C=O) groups is 1. The molecule has 0 saturated heterocycles. The highest BCUT2D eigenvalue weighted by atomic mass is 32.2. The molecule has 21 heavy (non-hydrogen) atoms. The second-order valence-corrected chi connectivity index (χ2v) is 6.92. The minimum Gasteiger partial charge on any atom is -0.374 e. The monoisotopic (exact) mass is 322 g/mol. The maximum absolute atomic E-state index is 11.8. The van der Waals surface area contributed by atoms with E-state index in [2.05, 4.69) is 27.6 Å². The van der Waals surface area contributed by atoms with Gasteiger partial charge in [-0.1, -0.05) is 53.4 Å². The lowest BCUT2D eigenvalue weighted by molar-refractivity contribution is -0.119. The summed E-state index contributed by atoms with van der Waals surface area (Å²) in [6.07, 6.45) is 1.88. The number of nitrogens with two attached hydrogens (primary N) is 1. The Morgan fingerprint density at radius 3 is 2.81 bits per heavy atom. The van der Waals surface area contributed by atoms with E-state index >= 15 is 0 Å². The number of nitrogen functional groups attached to an aromatic ring is 1. The Labute approximate surface area is 132 Å². The third kappa shape index (κ3) is 5.73. The summed E-state index contributed by atoms with van der Waals surface area (Å²) in [6, 6.07) is 10.4. The summed E-state index contributed by atoms with van der Waals surface area (Å²) in [5.74, 6) is 0.346. The molecule has 2 rings (SSSR count). The number of benzene rings is 1. The number of aromatic nitrogens is 2. The van der Waals surface area contributed by atoms with Gasteiger partial charge in [0.1, 0.15) is 0 Å². The molecule has 0 fully saturated rings. The van der Waals surface area contributed by atoms with E-state index in [0.717, 1.165) is 17.2 Å². The van der Waals surface area contributed by atoms with E-state index in [1.807, 2.05) is 25.1 Å². The number of hydrogen-bond acceptors (Lipinski definition) is 6. The Kier molecular flexibility index (Phi) is 6.01. The molecule has 1 unspecified atom stereocenters. The lowest BCUT2D eigenvalue weighted by Gasteiger charge is -2.13. The predicted molar refractivity (Wildman–Crippen MR) is 87.4 cm³/mol. The van der Waals surface area contributed by atoms with Gasteiger partial charge in [0, 0.05) is 6.04 Å². The number of anilines is 1. The van der Waals surface area contributed by atoms with Gasteiger partial charge in [-0.15, -0.1) is 10.2 Å². The van der Waals surface area contributed by atoms with Crippen molar-refractivity contribution >= 4 is 34.1 Å². The zero-order chi connectivity index (χ0) is 15.1. The third-order valence-corrected chi connectivity index (χ3v) is 4.75. The van der Waals surface area contributed by atoms with E-state index in [0.29, 0.717) is 10.9 Å². The molecule has 3 N–H and O–H groups in total. The van der Waals surface area contributed by atoms with Crippen molar-refractivity contribution in [2.24, 2.45) is 0 Å². The molecular formula is C14H18N4OS2. The Hall–Kier alpha value is -1.60. The SMILES string of the molecule is CC(CCc1ccccc1)NC(=O)CSc1nnc(N)s1. The number of thioether (sulfide) groups is 1. The first-order valence-corrected chi connectivity index (χ1v) is 8.49. The van der Waals surface area contributed by atoms with Crippen molar-refractivity contribution in [1.29, 1.82) is 0 Å². The van der Waals surface area contributed by atoms with Gasteiger partial charge in [0.25, 0.3) is 0 Å². The van der Waals surface area contributed by atoms with Gasteiger partial charge in [-0.05, 0) is 25.3 Å². The quantitative estimate of drug-likeness (QED) is 0.765. The van der Waals surface area contributed by atoms with Crippen LogP contribution in [0.3, 0.4) is 0 Å². The molecule has 7 heteroatoms. The normalized spacial score (nSPS) is 12.0.